The third-order valence-electron chi connectivity index (χ3n) is 3.54. The van der Waals surface area contributed by atoms with Crippen molar-refractivity contribution in [2.45, 2.75) is 50.9 Å². The Balaban J connectivity index is 3.24. The predicted molar refractivity (Wildman–Crippen MR) is 79.1 cm³/mol. The number of hydrogen-bond acceptors (Lipinski definition) is 8. The molecule has 0 amide bonds. The quantitative estimate of drug-likeness (QED) is 0.293. The first-order valence-electron chi connectivity index (χ1n) is 7.78. The minimum Gasteiger partial charge on any atom is -0.490 e. The fraction of sp³-hybridized carbons (Fsp3) is 0.800. The summed E-state index contributed by atoms with van der Waals surface area (Å²) in [5.74, 6) is -1.07. The van der Waals surface area contributed by atoms with Gasteiger partial charge in [-0.3, -0.25) is 0 Å². The average molecular weight is 334 g/mol. The molecule has 1 aliphatic rings. The Kier molecular flexibility index (Phi) is 7.77. The lowest BCUT2D eigenvalue weighted by molar-refractivity contribution is -0.171. The maximum absolute atomic E-state index is 12.1. The zero-order chi connectivity index (χ0) is 17.5. The minimum absolute atomic E-state index is 0.0492. The van der Waals surface area contributed by atoms with Gasteiger partial charge in [-0.1, -0.05) is 13.3 Å². The van der Waals surface area contributed by atoms with E-state index in [0.29, 0.717) is 6.42 Å². The van der Waals surface area contributed by atoms with E-state index in [-0.39, 0.29) is 31.2 Å². The van der Waals surface area contributed by atoms with Gasteiger partial charge in [0.1, 0.15) is 6.10 Å². The van der Waals surface area contributed by atoms with E-state index in [0.717, 1.165) is 6.42 Å². The SMILES string of the molecule is CCCCOC1=C(OCC)C(=O)O[C@]1(CC(O)CO)[C@@H](O)CO. The topological polar surface area (TPSA) is 126 Å². The molecule has 0 aromatic rings. The van der Waals surface area contributed by atoms with E-state index in [2.05, 4.69) is 0 Å². The van der Waals surface area contributed by atoms with Gasteiger partial charge >= 0.3 is 5.97 Å². The van der Waals surface area contributed by atoms with Crippen molar-refractivity contribution >= 4 is 5.97 Å². The zero-order valence-corrected chi connectivity index (χ0v) is 13.5. The number of esters is 1. The normalized spacial score (nSPS) is 23.7. The molecule has 0 aromatic heterocycles. The van der Waals surface area contributed by atoms with Gasteiger partial charge in [-0.25, -0.2) is 4.79 Å². The van der Waals surface area contributed by atoms with E-state index in [1.54, 1.807) is 6.92 Å². The van der Waals surface area contributed by atoms with E-state index >= 15 is 0 Å². The van der Waals surface area contributed by atoms with Crippen LogP contribution in [0.1, 0.15) is 33.1 Å². The summed E-state index contributed by atoms with van der Waals surface area (Å²) in [6.45, 7) is 2.76. The lowest BCUT2D eigenvalue weighted by Gasteiger charge is -2.34. The highest BCUT2D eigenvalue weighted by atomic mass is 16.6. The second kappa shape index (κ2) is 9.07. The molecule has 23 heavy (non-hydrogen) atoms. The van der Waals surface area contributed by atoms with Crippen molar-refractivity contribution in [2.24, 2.45) is 0 Å². The summed E-state index contributed by atoms with van der Waals surface area (Å²) in [4.78, 5) is 12.1. The minimum atomic E-state index is -1.79. The molecule has 0 aliphatic carbocycles. The van der Waals surface area contributed by atoms with Crippen LogP contribution in [0, 0.1) is 0 Å². The number of aliphatic hydroxyl groups is 4. The van der Waals surface area contributed by atoms with Gasteiger partial charge < -0.3 is 34.6 Å². The number of ether oxygens (including phenoxy) is 3. The molecule has 1 rings (SSSR count). The molecule has 1 unspecified atom stereocenters. The van der Waals surface area contributed by atoms with E-state index in [9.17, 15) is 20.1 Å². The maximum Gasteiger partial charge on any atom is 0.378 e. The van der Waals surface area contributed by atoms with E-state index in [4.69, 9.17) is 19.3 Å². The van der Waals surface area contributed by atoms with Gasteiger partial charge in [0.15, 0.2) is 5.76 Å². The third kappa shape index (κ3) is 4.35. The molecular formula is C15H26O8. The van der Waals surface area contributed by atoms with E-state index in [1.807, 2.05) is 6.92 Å². The van der Waals surface area contributed by atoms with Crippen LogP contribution < -0.4 is 0 Å². The number of hydrogen-bond donors (Lipinski definition) is 4. The second-order valence-electron chi connectivity index (χ2n) is 5.31. The Morgan fingerprint density at radius 3 is 2.39 bits per heavy atom. The molecule has 0 saturated carbocycles. The van der Waals surface area contributed by atoms with Gasteiger partial charge in [0.25, 0.3) is 0 Å². The molecule has 0 bridgehead atoms. The molecule has 8 nitrogen and oxygen atoms in total. The first kappa shape index (κ1) is 19.7. The molecule has 0 fully saturated rings. The monoisotopic (exact) mass is 334 g/mol. The summed E-state index contributed by atoms with van der Waals surface area (Å²) in [5.41, 5.74) is -1.79. The Morgan fingerprint density at radius 2 is 1.87 bits per heavy atom. The van der Waals surface area contributed by atoms with Crippen LogP contribution in [0.25, 0.3) is 0 Å². The van der Waals surface area contributed by atoms with Crippen LogP contribution in [0.15, 0.2) is 11.5 Å². The number of aliphatic hydroxyl groups excluding tert-OH is 4. The van der Waals surface area contributed by atoms with Gasteiger partial charge in [-0.2, -0.15) is 0 Å². The molecule has 4 N–H and O–H groups in total. The smallest absolute Gasteiger partial charge is 0.378 e. The standard InChI is InChI=1S/C15H26O8/c1-3-5-6-22-13-12(21-4-2)14(20)23-15(13,11(19)9-17)7-10(18)8-16/h10-11,16-19H,3-9H2,1-2H3/t10?,11-,15+/m0/s1. The van der Waals surface area contributed by atoms with Crippen molar-refractivity contribution < 1.29 is 39.4 Å². The Morgan fingerprint density at radius 1 is 1.17 bits per heavy atom. The summed E-state index contributed by atoms with van der Waals surface area (Å²) >= 11 is 0. The largest absolute Gasteiger partial charge is 0.490 e. The molecule has 1 heterocycles. The number of rotatable bonds is 11. The summed E-state index contributed by atoms with van der Waals surface area (Å²) in [6, 6.07) is 0. The highest BCUT2D eigenvalue weighted by Gasteiger charge is 2.56. The number of carbonyl (C=O) groups is 1. The Hall–Kier alpha value is -1.35. The van der Waals surface area contributed by atoms with Gasteiger partial charge in [-0.05, 0) is 13.3 Å². The average Bonchev–Trinajstić information content (AvgIpc) is 2.80. The third-order valence-corrected chi connectivity index (χ3v) is 3.54. The number of unbranched alkanes of at least 4 members (excludes halogenated alkanes) is 1. The van der Waals surface area contributed by atoms with Crippen LogP contribution in [0.5, 0.6) is 0 Å². The summed E-state index contributed by atoms with van der Waals surface area (Å²) < 4.78 is 16.1. The number of cyclic esters (lactones) is 1. The fourth-order valence-electron chi connectivity index (χ4n) is 2.37. The summed E-state index contributed by atoms with van der Waals surface area (Å²) in [6.07, 6.45) is -1.57. The van der Waals surface area contributed by atoms with E-state index < -0.39 is 37.0 Å². The van der Waals surface area contributed by atoms with Crippen LogP contribution in [0.2, 0.25) is 0 Å². The van der Waals surface area contributed by atoms with E-state index in [1.165, 1.54) is 0 Å². The molecular weight excluding hydrogens is 308 g/mol. The predicted octanol–water partition coefficient (Wildman–Crippen LogP) is -0.557. The van der Waals surface area contributed by atoms with Gasteiger partial charge in [0.05, 0.1) is 32.5 Å². The molecule has 0 spiro atoms. The van der Waals surface area contributed by atoms with Gasteiger partial charge in [0.2, 0.25) is 11.4 Å². The lowest BCUT2D eigenvalue weighted by atomic mass is 9.88. The molecule has 0 aromatic carbocycles. The molecule has 8 heteroatoms. The van der Waals surface area contributed by atoms with Crippen molar-refractivity contribution in [3.63, 3.8) is 0 Å². The fourth-order valence-corrected chi connectivity index (χ4v) is 2.37. The Bertz CT molecular complexity index is 422. The van der Waals surface area contributed by atoms with Crippen LogP contribution in [0.3, 0.4) is 0 Å². The molecule has 0 radical (unpaired) electrons. The van der Waals surface area contributed by atoms with Crippen LogP contribution in [-0.4, -0.2) is 70.6 Å². The molecule has 1 aliphatic heterocycles. The highest BCUT2D eigenvalue weighted by Crippen LogP contribution is 2.40. The first-order valence-corrected chi connectivity index (χ1v) is 7.78. The van der Waals surface area contributed by atoms with Crippen molar-refractivity contribution in [3.05, 3.63) is 11.5 Å². The van der Waals surface area contributed by atoms with Crippen LogP contribution in [-0.2, 0) is 19.0 Å². The molecule has 3 atom stereocenters. The van der Waals surface area contributed by atoms with Crippen molar-refractivity contribution in [3.8, 4) is 0 Å². The van der Waals surface area contributed by atoms with Crippen molar-refractivity contribution in [1.82, 2.24) is 0 Å². The number of carbonyl (C=O) groups excluding carboxylic acids is 1. The summed E-state index contributed by atoms with van der Waals surface area (Å²) in [5, 5.41) is 38.4. The maximum atomic E-state index is 12.1. The first-order chi connectivity index (χ1) is 11.0. The van der Waals surface area contributed by atoms with Gasteiger partial charge in [-0.15, -0.1) is 0 Å². The van der Waals surface area contributed by atoms with Crippen LogP contribution in [0.4, 0.5) is 0 Å². The molecule has 0 saturated heterocycles. The van der Waals surface area contributed by atoms with Gasteiger partial charge in [0, 0.05) is 6.42 Å². The van der Waals surface area contributed by atoms with Crippen LogP contribution >= 0.6 is 0 Å². The Labute approximate surface area is 135 Å². The zero-order valence-electron chi connectivity index (χ0n) is 13.5. The molecule has 134 valence electrons. The van der Waals surface area contributed by atoms with Crippen molar-refractivity contribution in [2.75, 3.05) is 26.4 Å². The van der Waals surface area contributed by atoms with Crippen molar-refractivity contribution in [1.29, 1.82) is 0 Å². The lowest BCUT2D eigenvalue weighted by Crippen LogP contribution is -2.50. The second-order valence-corrected chi connectivity index (χ2v) is 5.31. The highest BCUT2D eigenvalue weighted by molar-refractivity contribution is 5.90. The summed E-state index contributed by atoms with van der Waals surface area (Å²) in [7, 11) is 0.